The van der Waals surface area contributed by atoms with E-state index in [1.807, 2.05) is 6.07 Å². The number of carbonyl (C=O) groups is 2. The van der Waals surface area contributed by atoms with E-state index in [-0.39, 0.29) is 0 Å². The molecule has 0 spiro atoms. The maximum absolute atomic E-state index is 11.1. The van der Waals surface area contributed by atoms with Gasteiger partial charge in [-0.3, -0.25) is 9.59 Å². The Balaban J connectivity index is 2.40. The van der Waals surface area contributed by atoms with Crippen molar-refractivity contribution in [2.45, 2.75) is 18.8 Å². The Labute approximate surface area is 97.6 Å². The van der Waals surface area contributed by atoms with Gasteiger partial charge in [-0.15, -0.1) is 0 Å². The Kier molecular flexibility index (Phi) is 2.99. The van der Waals surface area contributed by atoms with Crippen LogP contribution in [0.1, 0.15) is 23.5 Å². The summed E-state index contributed by atoms with van der Waals surface area (Å²) in [5, 5.41) is 17.8. The molecule has 17 heavy (non-hydrogen) atoms. The lowest BCUT2D eigenvalue weighted by atomic mass is 9.93. The number of carboxylic acid groups (broad SMARTS) is 2. The molecule has 2 rings (SSSR count). The molecular formula is C12H12O5. The third kappa shape index (κ3) is 2.22. The van der Waals surface area contributed by atoms with E-state index in [1.165, 1.54) is 0 Å². The molecule has 1 aromatic carbocycles. The van der Waals surface area contributed by atoms with Crippen LogP contribution >= 0.6 is 0 Å². The molecule has 2 N–H and O–H groups in total. The second-order valence-corrected chi connectivity index (χ2v) is 3.92. The highest BCUT2D eigenvalue weighted by Crippen LogP contribution is 2.35. The van der Waals surface area contributed by atoms with Gasteiger partial charge in [0.15, 0.2) is 0 Å². The second-order valence-electron chi connectivity index (χ2n) is 3.92. The van der Waals surface area contributed by atoms with Gasteiger partial charge in [-0.25, -0.2) is 0 Å². The van der Waals surface area contributed by atoms with Gasteiger partial charge < -0.3 is 14.9 Å². The number of aliphatic carboxylic acids is 2. The summed E-state index contributed by atoms with van der Waals surface area (Å²) in [7, 11) is 0. The lowest BCUT2D eigenvalue weighted by Crippen LogP contribution is -2.16. The average molecular weight is 236 g/mol. The van der Waals surface area contributed by atoms with E-state index in [2.05, 4.69) is 0 Å². The number of hydrogen-bond donors (Lipinski definition) is 2. The topological polar surface area (TPSA) is 83.8 Å². The molecule has 0 amide bonds. The van der Waals surface area contributed by atoms with Crippen molar-refractivity contribution in [2.24, 2.45) is 0 Å². The van der Waals surface area contributed by atoms with Crippen LogP contribution in [0, 0.1) is 0 Å². The third-order valence-electron chi connectivity index (χ3n) is 2.80. The Morgan fingerprint density at radius 3 is 2.76 bits per heavy atom. The molecule has 0 aliphatic carbocycles. The number of para-hydroxylation sites is 1. The van der Waals surface area contributed by atoms with Crippen LogP contribution < -0.4 is 4.74 Å². The Hall–Kier alpha value is -2.04. The van der Waals surface area contributed by atoms with Crippen LogP contribution in [-0.2, 0) is 16.0 Å². The molecule has 1 aromatic rings. The molecule has 1 heterocycles. The van der Waals surface area contributed by atoms with Crippen molar-refractivity contribution in [1.29, 1.82) is 0 Å². The van der Waals surface area contributed by atoms with Gasteiger partial charge in [-0.05, 0) is 5.56 Å². The van der Waals surface area contributed by atoms with Crippen molar-refractivity contribution < 1.29 is 24.5 Å². The molecule has 0 bridgehead atoms. The molecule has 0 radical (unpaired) electrons. The van der Waals surface area contributed by atoms with Gasteiger partial charge in [-0.1, -0.05) is 18.2 Å². The largest absolute Gasteiger partial charge is 0.493 e. The van der Waals surface area contributed by atoms with Crippen LogP contribution in [0.3, 0.4) is 0 Å². The zero-order valence-corrected chi connectivity index (χ0v) is 9.05. The molecule has 0 saturated heterocycles. The molecule has 90 valence electrons. The van der Waals surface area contributed by atoms with Gasteiger partial charge in [-0.2, -0.15) is 0 Å². The van der Waals surface area contributed by atoms with Gasteiger partial charge in [0, 0.05) is 12.0 Å². The Morgan fingerprint density at radius 2 is 2.12 bits per heavy atom. The smallest absolute Gasteiger partial charge is 0.311 e. The Morgan fingerprint density at radius 1 is 1.35 bits per heavy atom. The maximum atomic E-state index is 11.1. The summed E-state index contributed by atoms with van der Waals surface area (Å²) in [6, 6.07) is 5.22. The molecule has 1 aliphatic heterocycles. The fraction of sp³-hybridized carbons (Fsp3) is 0.333. The van der Waals surface area contributed by atoms with Crippen LogP contribution in [0.4, 0.5) is 0 Å². The van der Waals surface area contributed by atoms with Crippen molar-refractivity contribution in [3.05, 3.63) is 29.3 Å². The minimum absolute atomic E-state index is 0.435. The summed E-state index contributed by atoms with van der Waals surface area (Å²) >= 11 is 0. The van der Waals surface area contributed by atoms with Crippen LogP contribution in [0.2, 0.25) is 0 Å². The van der Waals surface area contributed by atoms with Crippen LogP contribution in [0.25, 0.3) is 0 Å². The molecule has 1 atom stereocenters. The summed E-state index contributed by atoms with van der Waals surface area (Å²) < 4.78 is 5.39. The highest BCUT2D eigenvalue weighted by molar-refractivity contribution is 5.83. The van der Waals surface area contributed by atoms with E-state index in [1.54, 1.807) is 12.1 Å². The highest BCUT2D eigenvalue weighted by atomic mass is 16.5. The first-order valence-corrected chi connectivity index (χ1v) is 5.28. The lowest BCUT2D eigenvalue weighted by molar-refractivity contribution is -0.145. The molecule has 0 aromatic heterocycles. The molecule has 1 unspecified atom stereocenters. The highest BCUT2D eigenvalue weighted by Gasteiger charge is 2.28. The summed E-state index contributed by atoms with van der Waals surface area (Å²) in [6.45, 7) is 0.520. The van der Waals surface area contributed by atoms with Crippen LogP contribution in [0.15, 0.2) is 18.2 Å². The number of fused-ring (bicyclic) bond motifs is 1. The van der Waals surface area contributed by atoms with Crippen molar-refractivity contribution in [1.82, 2.24) is 0 Å². The molecule has 1 aliphatic rings. The summed E-state index contributed by atoms with van der Waals surface area (Å²) in [6.07, 6.45) is 0.303. The predicted octanol–water partition coefficient (Wildman–Crippen LogP) is 1.26. The minimum atomic E-state index is -1.14. The summed E-state index contributed by atoms with van der Waals surface area (Å²) in [4.78, 5) is 21.8. The summed E-state index contributed by atoms with van der Waals surface area (Å²) in [5.41, 5.74) is 1.40. The summed E-state index contributed by atoms with van der Waals surface area (Å²) in [5.74, 6) is -2.79. The van der Waals surface area contributed by atoms with Crippen molar-refractivity contribution in [3.8, 4) is 5.75 Å². The first-order chi connectivity index (χ1) is 8.09. The van der Waals surface area contributed by atoms with E-state index in [4.69, 9.17) is 14.9 Å². The fourth-order valence-corrected chi connectivity index (χ4v) is 2.02. The van der Waals surface area contributed by atoms with Crippen molar-refractivity contribution in [2.75, 3.05) is 6.61 Å². The lowest BCUT2D eigenvalue weighted by Gasteiger charge is -2.13. The van der Waals surface area contributed by atoms with E-state index in [9.17, 15) is 9.59 Å². The number of rotatable bonds is 4. The zero-order valence-electron chi connectivity index (χ0n) is 9.05. The van der Waals surface area contributed by atoms with Crippen LogP contribution in [0.5, 0.6) is 5.75 Å². The number of benzene rings is 1. The first-order valence-electron chi connectivity index (χ1n) is 5.28. The van der Waals surface area contributed by atoms with E-state index in [0.717, 1.165) is 12.0 Å². The number of carboxylic acids is 2. The minimum Gasteiger partial charge on any atom is -0.493 e. The van der Waals surface area contributed by atoms with Gasteiger partial charge in [0.1, 0.15) is 5.75 Å². The fourth-order valence-electron chi connectivity index (χ4n) is 2.02. The zero-order chi connectivity index (χ0) is 12.4. The normalized spacial score (nSPS) is 14.8. The van der Waals surface area contributed by atoms with E-state index in [0.29, 0.717) is 17.9 Å². The molecule has 0 saturated carbocycles. The van der Waals surface area contributed by atoms with Crippen LogP contribution in [-0.4, -0.2) is 28.8 Å². The van der Waals surface area contributed by atoms with Crippen molar-refractivity contribution in [3.63, 3.8) is 0 Å². The third-order valence-corrected chi connectivity index (χ3v) is 2.80. The Bertz CT molecular complexity index is 466. The average Bonchev–Trinajstić information content (AvgIpc) is 2.73. The predicted molar refractivity (Wildman–Crippen MR) is 58.3 cm³/mol. The standard InChI is InChI=1S/C12H12O5/c13-10(14)6-9(12(15)16)8-3-1-2-7-4-5-17-11(7)8/h1-3,9H,4-6H2,(H,13,14)(H,15,16). The molecule has 5 nitrogen and oxygen atoms in total. The maximum Gasteiger partial charge on any atom is 0.311 e. The molecule has 0 fully saturated rings. The van der Waals surface area contributed by atoms with Gasteiger partial charge in [0.25, 0.3) is 0 Å². The SMILES string of the molecule is O=C(O)CC(C(=O)O)c1cccc2c1OCC2. The molecule has 5 heteroatoms. The van der Waals surface area contributed by atoms with Crippen molar-refractivity contribution >= 4 is 11.9 Å². The van der Waals surface area contributed by atoms with E-state index < -0.39 is 24.3 Å². The van der Waals surface area contributed by atoms with Gasteiger partial charge >= 0.3 is 11.9 Å². The monoisotopic (exact) mass is 236 g/mol. The van der Waals surface area contributed by atoms with E-state index >= 15 is 0 Å². The van der Waals surface area contributed by atoms with Gasteiger partial charge in [0.05, 0.1) is 18.9 Å². The van der Waals surface area contributed by atoms with Gasteiger partial charge in [0.2, 0.25) is 0 Å². The number of ether oxygens (including phenoxy) is 1. The molecular weight excluding hydrogens is 224 g/mol. The second kappa shape index (κ2) is 4.45. The first kappa shape index (κ1) is 11.4. The quantitative estimate of drug-likeness (QED) is 0.822. The number of hydrogen-bond acceptors (Lipinski definition) is 3.